The van der Waals surface area contributed by atoms with Gasteiger partial charge in [0.05, 0.1) is 8.07 Å². The maximum atomic E-state index is 2.66. The lowest BCUT2D eigenvalue weighted by Crippen LogP contribution is -2.37. The van der Waals surface area contributed by atoms with Crippen LogP contribution < -0.4 is 5.19 Å². The first-order valence-electron chi connectivity index (χ1n) is 8.27. The standard InChI is InChI=1S/C18H31NSi.ClH/c1-16(15-19-12-6-5-7-13-19)14-17-8-10-18(11-9-17)20(2,3)4;/h8-11,16H,5-7,12-15H2,1-4H3;1H. The minimum Gasteiger partial charge on any atom is -0.303 e. The summed E-state index contributed by atoms with van der Waals surface area (Å²) >= 11 is 0. The van der Waals surface area contributed by atoms with Crippen molar-refractivity contribution in [3.63, 3.8) is 0 Å². The molecule has 0 aliphatic carbocycles. The smallest absolute Gasteiger partial charge is 0.0775 e. The Morgan fingerprint density at radius 2 is 1.57 bits per heavy atom. The Morgan fingerprint density at radius 3 is 2.10 bits per heavy atom. The van der Waals surface area contributed by atoms with Gasteiger partial charge in [-0.25, -0.2) is 0 Å². The van der Waals surface area contributed by atoms with Crippen LogP contribution in [0.1, 0.15) is 31.7 Å². The number of halogens is 1. The monoisotopic (exact) mass is 325 g/mol. The molecule has 0 saturated carbocycles. The summed E-state index contributed by atoms with van der Waals surface area (Å²) in [6.45, 7) is 13.6. The summed E-state index contributed by atoms with van der Waals surface area (Å²) in [6.07, 6.45) is 5.46. The zero-order valence-corrected chi connectivity index (χ0v) is 16.0. The molecule has 1 aromatic rings. The van der Waals surface area contributed by atoms with E-state index in [4.69, 9.17) is 0 Å². The fraction of sp³-hybridized carbons (Fsp3) is 0.667. The van der Waals surface area contributed by atoms with Crippen LogP contribution in [-0.4, -0.2) is 32.6 Å². The molecule has 1 fully saturated rings. The maximum Gasteiger partial charge on any atom is 0.0775 e. The molecular formula is C18H32ClNSi. The molecule has 0 aromatic heterocycles. The highest BCUT2D eigenvalue weighted by atomic mass is 35.5. The van der Waals surface area contributed by atoms with Gasteiger partial charge < -0.3 is 4.90 Å². The third kappa shape index (κ3) is 6.13. The van der Waals surface area contributed by atoms with Gasteiger partial charge in [0, 0.05) is 6.54 Å². The molecule has 1 atom stereocenters. The summed E-state index contributed by atoms with van der Waals surface area (Å²) in [5.41, 5.74) is 1.51. The van der Waals surface area contributed by atoms with Crippen molar-refractivity contribution >= 4 is 25.7 Å². The molecule has 0 bridgehead atoms. The molecule has 1 unspecified atom stereocenters. The summed E-state index contributed by atoms with van der Waals surface area (Å²) in [7, 11) is -1.14. The lowest BCUT2D eigenvalue weighted by Gasteiger charge is -2.29. The number of nitrogens with zero attached hydrogens (tertiary/aromatic N) is 1. The largest absolute Gasteiger partial charge is 0.303 e. The lowest BCUT2D eigenvalue weighted by molar-refractivity contribution is 0.200. The van der Waals surface area contributed by atoms with Gasteiger partial charge in [0.2, 0.25) is 0 Å². The summed E-state index contributed by atoms with van der Waals surface area (Å²) in [6, 6.07) is 9.46. The van der Waals surface area contributed by atoms with Gasteiger partial charge in [0.25, 0.3) is 0 Å². The molecule has 0 spiro atoms. The van der Waals surface area contributed by atoms with E-state index in [1.165, 1.54) is 50.9 Å². The van der Waals surface area contributed by atoms with Crippen LogP contribution in [0.5, 0.6) is 0 Å². The van der Waals surface area contributed by atoms with Gasteiger partial charge in [-0.2, -0.15) is 0 Å². The zero-order chi connectivity index (χ0) is 14.6. The predicted molar refractivity (Wildman–Crippen MR) is 99.8 cm³/mol. The molecule has 0 N–H and O–H groups in total. The van der Waals surface area contributed by atoms with Gasteiger partial charge in [-0.05, 0) is 43.8 Å². The Labute approximate surface area is 138 Å². The molecule has 1 nitrogen and oxygen atoms in total. The molecule has 0 amide bonds. The molecule has 1 saturated heterocycles. The summed E-state index contributed by atoms with van der Waals surface area (Å²) < 4.78 is 0. The molecule has 3 heteroatoms. The van der Waals surface area contributed by atoms with Gasteiger partial charge in [0.1, 0.15) is 0 Å². The Morgan fingerprint density at radius 1 is 1.00 bits per heavy atom. The molecule has 120 valence electrons. The molecule has 2 rings (SSSR count). The van der Waals surface area contributed by atoms with Crippen molar-refractivity contribution in [1.29, 1.82) is 0 Å². The molecule has 21 heavy (non-hydrogen) atoms. The maximum absolute atomic E-state index is 2.66. The van der Waals surface area contributed by atoms with E-state index in [0.29, 0.717) is 0 Å². The van der Waals surface area contributed by atoms with E-state index in [2.05, 4.69) is 55.7 Å². The Kier molecular flexibility index (Phi) is 7.45. The first-order chi connectivity index (χ1) is 9.45. The Bertz CT molecular complexity index is 404. The van der Waals surface area contributed by atoms with Gasteiger partial charge in [-0.3, -0.25) is 0 Å². The number of likely N-dealkylation sites (tertiary alicyclic amines) is 1. The highest BCUT2D eigenvalue weighted by Crippen LogP contribution is 2.14. The van der Waals surface area contributed by atoms with Crippen molar-refractivity contribution in [1.82, 2.24) is 4.90 Å². The van der Waals surface area contributed by atoms with E-state index >= 15 is 0 Å². The summed E-state index contributed by atoms with van der Waals surface area (Å²) in [5, 5.41) is 1.57. The molecular weight excluding hydrogens is 294 g/mol. The highest BCUT2D eigenvalue weighted by Gasteiger charge is 2.17. The first kappa shape index (κ1) is 18.7. The zero-order valence-electron chi connectivity index (χ0n) is 14.2. The topological polar surface area (TPSA) is 3.24 Å². The lowest BCUT2D eigenvalue weighted by atomic mass is 9.99. The van der Waals surface area contributed by atoms with Gasteiger partial charge >= 0.3 is 0 Å². The number of hydrogen-bond donors (Lipinski definition) is 0. The van der Waals surface area contributed by atoms with Gasteiger partial charge in [-0.1, -0.05) is 62.4 Å². The van der Waals surface area contributed by atoms with E-state index in [-0.39, 0.29) is 12.4 Å². The van der Waals surface area contributed by atoms with Crippen LogP contribution in [0.3, 0.4) is 0 Å². The predicted octanol–water partition coefficient (Wildman–Crippen LogP) is 4.32. The average Bonchev–Trinajstić information content (AvgIpc) is 2.39. The quantitative estimate of drug-likeness (QED) is 0.729. The van der Waals surface area contributed by atoms with Crippen LogP contribution in [0.2, 0.25) is 19.6 Å². The van der Waals surface area contributed by atoms with Crippen LogP contribution in [0, 0.1) is 5.92 Å². The first-order valence-corrected chi connectivity index (χ1v) is 11.8. The molecule has 1 aliphatic heterocycles. The second-order valence-corrected chi connectivity index (χ2v) is 12.7. The van der Waals surface area contributed by atoms with Crippen molar-refractivity contribution in [3.05, 3.63) is 29.8 Å². The normalized spacial score (nSPS) is 18.1. The molecule has 1 aromatic carbocycles. The number of rotatable bonds is 5. The van der Waals surface area contributed by atoms with E-state index < -0.39 is 8.07 Å². The summed E-state index contributed by atoms with van der Waals surface area (Å²) in [4.78, 5) is 2.66. The highest BCUT2D eigenvalue weighted by molar-refractivity contribution is 6.88. The van der Waals surface area contributed by atoms with Crippen LogP contribution in [0.15, 0.2) is 24.3 Å². The number of hydrogen-bond acceptors (Lipinski definition) is 1. The van der Waals surface area contributed by atoms with Gasteiger partial charge in [0.15, 0.2) is 0 Å². The fourth-order valence-corrected chi connectivity index (χ4v) is 4.36. The van der Waals surface area contributed by atoms with Crippen molar-refractivity contribution in [2.75, 3.05) is 19.6 Å². The molecule has 0 radical (unpaired) electrons. The average molecular weight is 326 g/mol. The van der Waals surface area contributed by atoms with Crippen LogP contribution in [0.25, 0.3) is 0 Å². The minimum absolute atomic E-state index is 0. The van der Waals surface area contributed by atoms with E-state index in [1.807, 2.05) is 0 Å². The molecule has 1 aliphatic rings. The number of piperidine rings is 1. The fourth-order valence-electron chi connectivity index (χ4n) is 3.19. The third-order valence-electron chi connectivity index (χ3n) is 4.42. The van der Waals surface area contributed by atoms with Crippen molar-refractivity contribution in [2.45, 2.75) is 52.2 Å². The second kappa shape index (κ2) is 8.35. The number of benzene rings is 1. The summed E-state index contributed by atoms with van der Waals surface area (Å²) in [5.74, 6) is 0.769. The minimum atomic E-state index is -1.14. The van der Waals surface area contributed by atoms with Gasteiger partial charge in [-0.15, -0.1) is 12.4 Å². The van der Waals surface area contributed by atoms with E-state index in [0.717, 1.165) is 5.92 Å². The third-order valence-corrected chi connectivity index (χ3v) is 6.49. The van der Waals surface area contributed by atoms with E-state index in [9.17, 15) is 0 Å². The van der Waals surface area contributed by atoms with Crippen LogP contribution in [0.4, 0.5) is 0 Å². The molecule has 1 heterocycles. The Hall–Kier alpha value is -0.313. The van der Waals surface area contributed by atoms with Crippen molar-refractivity contribution < 1.29 is 0 Å². The van der Waals surface area contributed by atoms with Crippen LogP contribution >= 0.6 is 12.4 Å². The van der Waals surface area contributed by atoms with Crippen LogP contribution in [-0.2, 0) is 6.42 Å². The van der Waals surface area contributed by atoms with Crippen molar-refractivity contribution in [3.8, 4) is 0 Å². The van der Waals surface area contributed by atoms with Crippen molar-refractivity contribution in [2.24, 2.45) is 5.92 Å². The van der Waals surface area contributed by atoms with E-state index in [1.54, 1.807) is 5.19 Å². The second-order valence-electron chi connectivity index (χ2n) is 7.62. The SMILES string of the molecule is CC(Cc1ccc([Si](C)(C)C)cc1)CN1CCCCC1.Cl. The Balaban J connectivity index is 0.00000220.